The summed E-state index contributed by atoms with van der Waals surface area (Å²) >= 11 is 12.1. The van der Waals surface area contributed by atoms with Crippen molar-refractivity contribution in [1.29, 1.82) is 0 Å². The van der Waals surface area contributed by atoms with Gasteiger partial charge in [0.05, 0.1) is 0 Å². The Bertz CT molecular complexity index is 325. The third kappa shape index (κ3) is 3.08. The second kappa shape index (κ2) is 5.13. The fourth-order valence-corrected chi connectivity index (χ4v) is 1.70. The molecule has 0 aliphatic heterocycles. The van der Waals surface area contributed by atoms with Gasteiger partial charge in [-0.25, -0.2) is 0 Å². The van der Waals surface area contributed by atoms with E-state index in [-0.39, 0.29) is 5.78 Å². The standard InChI is InChI=1S/C9H7Br2ClO/c10-7-2-1-6(5-8(7)11)9(13)3-4-12/h1-2,5H,3-4H2. The van der Waals surface area contributed by atoms with Crippen LogP contribution in [0.1, 0.15) is 16.8 Å². The van der Waals surface area contributed by atoms with E-state index in [1.807, 2.05) is 6.07 Å². The molecule has 0 saturated carbocycles. The van der Waals surface area contributed by atoms with Crippen molar-refractivity contribution in [2.75, 3.05) is 5.88 Å². The maximum absolute atomic E-state index is 11.4. The lowest BCUT2D eigenvalue weighted by Gasteiger charge is -2.00. The number of carbonyl (C=O) groups is 1. The van der Waals surface area contributed by atoms with Gasteiger partial charge >= 0.3 is 0 Å². The van der Waals surface area contributed by atoms with Gasteiger partial charge < -0.3 is 0 Å². The Morgan fingerprint density at radius 2 is 2.00 bits per heavy atom. The van der Waals surface area contributed by atoms with Gasteiger partial charge in [-0.05, 0) is 44.0 Å². The lowest BCUT2D eigenvalue weighted by molar-refractivity contribution is 0.0989. The van der Waals surface area contributed by atoms with Crippen LogP contribution in [0, 0.1) is 0 Å². The van der Waals surface area contributed by atoms with Crippen molar-refractivity contribution in [1.82, 2.24) is 0 Å². The fourth-order valence-electron chi connectivity index (χ4n) is 0.900. The monoisotopic (exact) mass is 324 g/mol. The Balaban J connectivity index is 2.90. The van der Waals surface area contributed by atoms with Crippen LogP contribution in [-0.4, -0.2) is 11.7 Å². The fraction of sp³-hybridized carbons (Fsp3) is 0.222. The molecule has 0 atom stereocenters. The second-order valence-electron chi connectivity index (χ2n) is 2.49. The summed E-state index contributed by atoms with van der Waals surface area (Å²) in [7, 11) is 0. The number of ketones is 1. The minimum absolute atomic E-state index is 0.0724. The van der Waals surface area contributed by atoms with Crippen LogP contribution in [0.3, 0.4) is 0 Å². The maximum Gasteiger partial charge on any atom is 0.164 e. The number of Topliss-reactive ketones (excluding diaryl/α,β-unsaturated/α-hetero) is 1. The molecule has 1 aromatic carbocycles. The average Bonchev–Trinajstić information content (AvgIpc) is 2.10. The van der Waals surface area contributed by atoms with E-state index in [2.05, 4.69) is 31.9 Å². The first-order valence-electron chi connectivity index (χ1n) is 3.69. The molecule has 1 nitrogen and oxygen atoms in total. The van der Waals surface area contributed by atoms with Crippen LogP contribution >= 0.6 is 43.5 Å². The number of hydrogen-bond acceptors (Lipinski definition) is 1. The van der Waals surface area contributed by atoms with E-state index >= 15 is 0 Å². The number of carbonyl (C=O) groups excluding carboxylic acids is 1. The highest BCUT2D eigenvalue weighted by molar-refractivity contribution is 9.13. The van der Waals surface area contributed by atoms with Crippen LogP contribution < -0.4 is 0 Å². The second-order valence-corrected chi connectivity index (χ2v) is 4.58. The molecule has 0 aromatic heterocycles. The van der Waals surface area contributed by atoms with E-state index < -0.39 is 0 Å². The first-order valence-corrected chi connectivity index (χ1v) is 5.81. The summed E-state index contributed by atoms with van der Waals surface area (Å²) in [5, 5.41) is 0. The quantitative estimate of drug-likeness (QED) is 0.605. The largest absolute Gasteiger partial charge is 0.294 e. The third-order valence-electron chi connectivity index (χ3n) is 1.56. The number of alkyl halides is 1. The van der Waals surface area contributed by atoms with Crippen molar-refractivity contribution in [3.8, 4) is 0 Å². The normalized spacial score (nSPS) is 10.1. The van der Waals surface area contributed by atoms with Crippen LogP contribution in [0.4, 0.5) is 0 Å². The van der Waals surface area contributed by atoms with Gasteiger partial charge in [-0.3, -0.25) is 4.79 Å². The van der Waals surface area contributed by atoms with Gasteiger partial charge in [0.25, 0.3) is 0 Å². The van der Waals surface area contributed by atoms with Crippen molar-refractivity contribution >= 4 is 49.2 Å². The van der Waals surface area contributed by atoms with Crippen LogP contribution in [0.25, 0.3) is 0 Å². The highest BCUT2D eigenvalue weighted by Gasteiger charge is 2.06. The van der Waals surface area contributed by atoms with Gasteiger partial charge in [-0.1, -0.05) is 6.07 Å². The molecular weight excluding hydrogens is 319 g/mol. The van der Waals surface area contributed by atoms with Gasteiger partial charge in [0.2, 0.25) is 0 Å². The first kappa shape index (κ1) is 11.2. The molecule has 13 heavy (non-hydrogen) atoms. The molecule has 1 rings (SSSR count). The summed E-state index contributed by atoms with van der Waals surface area (Å²) in [5.41, 5.74) is 0.690. The Kier molecular flexibility index (Phi) is 4.42. The first-order chi connectivity index (χ1) is 6.15. The molecule has 4 heteroatoms. The SMILES string of the molecule is O=C(CCCl)c1ccc(Br)c(Br)c1. The average molecular weight is 326 g/mol. The van der Waals surface area contributed by atoms with E-state index in [9.17, 15) is 4.79 Å². The molecule has 0 saturated heterocycles. The van der Waals surface area contributed by atoms with Crippen molar-refractivity contribution in [3.63, 3.8) is 0 Å². The molecule has 0 spiro atoms. The zero-order valence-electron chi connectivity index (χ0n) is 6.69. The van der Waals surface area contributed by atoms with Gasteiger partial charge in [-0.15, -0.1) is 11.6 Å². The smallest absolute Gasteiger partial charge is 0.164 e. The molecule has 0 heterocycles. The molecule has 0 amide bonds. The van der Waals surface area contributed by atoms with Crippen LogP contribution in [0.5, 0.6) is 0 Å². The summed E-state index contributed by atoms with van der Waals surface area (Å²) in [5.74, 6) is 0.440. The van der Waals surface area contributed by atoms with Gasteiger partial charge in [0.1, 0.15) is 0 Å². The maximum atomic E-state index is 11.4. The Morgan fingerprint density at radius 3 is 2.54 bits per heavy atom. The van der Waals surface area contributed by atoms with Gasteiger partial charge in [0.15, 0.2) is 5.78 Å². The molecule has 0 bridgehead atoms. The Morgan fingerprint density at radius 1 is 1.31 bits per heavy atom. The molecule has 70 valence electrons. The zero-order chi connectivity index (χ0) is 9.84. The summed E-state index contributed by atoms with van der Waals surface area (Å²) in [6.07, 6.45) is 0.385. The lowest BCUT2D eigenvalue weighted by atomic mass is 10.1. The van der Waals surface area contributed by atoms with Crippen LogP contribution in [0.2, 0.25) is 0 Å². The van der Waals surface area contributed by atoms with Crippen molar-refractivity contribution in [3.05, 3.63) is 32.7 Å². The van der Waals surface area contributed by atoms with Crippen molar-refractivity contribution in [2.24, 2.45) is 0 Å². The van der Waals surface area contributed by atoms with Crippen LogP contribution in [-0.2, 0) is 0 Å². The predicted molar refractivity (Wildman–Crippen MR) is 61.5 cm³/mol. The molecule has 0 aliphatic rings. The minimum Gasteiger partial charge on any atom is -0.294 e. The Labute approximate surface area is 98.7 Å². The molecule has 0 unspecified atom stereocenters. The van der Waals surface area contributed by atoms with E-state index in [0.29, 0.717) is 17.9 Å². The molecule has 0 fully saturated rings. The zero-order valence-corrected chi connectivity index (χ0v) is 10.6. The van der Waals surface area contributed by atoms with Gasteiger partial charge in [0, 0.05) is 26.8 Å². The van der Waals surface area contributed by atoms with Crippen molar-refractivity contribution in [2.45, 2.75) is 6.42 Å². The number of benzene rings is 1. The van der Waals surface area contributed by atoms with E-state index in [1.165, 1.54) is 0 Å². The van der Waals surface area contributed by atoms with Gasteiger partial charge in [-0.2, -0.15) is 0 Å². The highest BCUT2D eigenvalue weighted by Crippen LogP contribution is 2.24. The Hall–Kier alpha value is 0.140. The van der Waals surface area contributed by atoms with Crippen LogP contribution in [0.15, 0.2) is 27.1 Å². The summed E-state index contributed by atoms with van der Waals surface area (Å²) in [6.45, 7) is 0. The summed E-state index contributed by atoms with van der Waals surface area (Å²) < 4.78 is 1.82. The molecule has 1 aromatic rings. The summed E-state index contributed by atoms with van der Waals surface area (Å²) in [6, 6.07) is 5.41. The summed E-state index contributed by atoms with van der Waals surface area (Å²) in [4.78, 5) is 11.4. The topological polar surface area (TPSA) is 17.1 Å². The van der Waals surface area contributed by atoms with Crippen molar-refractivity contribution < 1.29 is 4.79 Å². The number of rotatable bonds is 3. The predicted octanol–water partition coefficient (Wildman–Crippen LogP) is 4.02. The highest BCUT2D eigenvalue weighted by atomic mass is 79.9. The third-order valence-corrected chi connectivity index (χ3v) is 3.63. The molecular formula is C9H7Br2ClO. The lowest BCUT2D eigenvalue weighted by Crippen LogP contribution is -1.99. The molecule has 0 N–H and O–H groups in total. The van der Waals surface area contributed by atoms with E-state index in [4.69, 9.17) is 11.6 Å². The molecule has 0 aliphatic carbocycles. The number of hydrogen-bond donors (Lipinski definition) is 0. The van der Waals surface area contributed by atoms with E-state index in [1.54, 1.807) is 12.1 Å². The number of halogens is 3. The minimum atomic E-state index is 0.0724. The van der Waals surface area contributed by atoms with E-state index in [0.717, 1.165) is 8.95 Å². The molecule has 0 radical (unpaired) electrons.